The number of methoxy groups -OCH3 is 1. The molecule has 6 heteroatoms. The van der Waals surface area contributed by atoms with Crippen LogP contribution >= 0.6 is 0 Å². The molecule has 0 aliphatic heterocycles. The molecular formula is C19H16O6. The number of rotatable bonds is 4. The highest BCUT2D eigenvalue weighted by Gasteiger charge is 2.31. The molecular weight excluding hydrogens is 324 g/mol. The van der Waals surface area contributed by atoms with Crippen LogP contribution in [0.2, 0.25) is 0 Å². The average molecular weight is 340 g/mol. The van der Waals surface area contributed by atoms with E-state index in [1.807, 2.05) is 0 Å². The SMILES string of the molecule is COC(=O)CC(O)C(O)c1ccc2c(c1)-c1ccccc1C(=O)C2=O. The van der Waals surface area contributed by atoms with Gasteiger partial charge in [0, 0.05) is 11.1 Å². The van der Waals surface area contributed by atoms with Gasteiger partial charge in [0.1, 0.15) is 6.10 Å². The van der Waals surface area contributed by atoms with Crippen molar-refractivity contribution in [3.05, 3.63) is 59.2 Å². The van der Waals surface area contributed by atoms with E-state index in [0.29, 0.717) is 22.3 Å². The maximum atomic E-state index is 12.3. The van der Waals surface area contributed by atoms with Crippen LogP contribution in [0.4, 0.5) is 0 Å². The van der Waals surface area contributed by atoms with Gasteiger partial charge in [-0.05, 0) is 28.8 Å². The molecule has 2 atom stereocenters. The number of hydrogen-bond donors (Lipinski definition) is 2. The minimum absolute atomic E-state index is 0.252. The highest BCUT2D eigenvalue weighted by atomic mass is 16.5. The Labute approximate surface area is 143 Å². The Kier molecular flexibility index (Phi) is 4.48. The van der Waals surface area contributed by atoms with Crippen molar-refractivity contribution in [2.45, 2.75) is 18.6 Å². The summed E-state index contributed by atoms with van der Waals surface area (Å²) in [7, 11) is 1.19. The van der Waals surface area contributed by atoms with Crippen molar-refractivity contribution in [2.24, 2.45) is 0 Å². The van der Waals surface area contributed by atoms with Crippen LogP contribution in [0.25, 0.3) is 11.1 Å². The van der Waals surface area contributed by atoms with Crippen molar-refractivity contribution >= 4 is 17.5 Å². The number of esters is 1. The maximum Gasteiger partial charge on any atom is 0.308 e. The smallest absolute Gasteiger partial charge is 0.308 e. The second kappa shape index (κ2) is 6.58. The van der Waals surface area contributed by atoms with Gasteiger partial charge in [0.25, 0.3) is 0 Å². The molecule has 2 N–H and O–H groups in total. The number of benzene rings is 2. The third-order valence-corrected chi connectivity index (χ3v) is 4.27. The van der Waals surface area contributed by atoms with E-state index < -0.39 is 29.7 Å². The predicted molar refractivity (Wildman–Crippen MR) is 88.1 cm³/mol. The second-order valence-corrected chi connectivity index (χ2v) is 5.80. The van der Waals surface area contributed by atoms with Gasteiger partial charge in [-0.25, -0.2) is 0 Å². The number of hydrogen-bond acceptors (Lipinski definition) is 6. The maximum absolute atomic E-state index is 12.3. The highest BCUT2D eigenvalue weighted by molar-refractivity contribution is 6.52. The van der Waals surface area contributed by atoms with Crippen molar-refractivity contribution in [3.8, 4) is 11.1 Å². The molecule has 3 rings (SSSR count). The predicted octanol–water partition coefficient (Wildman–Crippen LogP) is 1.69. The van der Waals surface area contributed by atoms with Gasteiger partial charge in [-0.3, -0.25) is 14.4 Å². The van der Waals surface area contributed by atoms with Gasteiger partial charge in [-0.1, -0.05) is 30.3 Å². The third kappa shape index (κ3) is 2.97. The molecule has 128 valence electrons. The van der Waals surface area contributed by atoms with Crippen molar-refractivity contribution in [3.63, 3.8) is 0 Å². The number of carbonyl (C=O) groups is 3. The van der Waals surface area contributed by atoms with Crippen LogP contribution in [-0.4, -0.2) is 41.0 Å². The van der Waals surface area contributed by atoms with Crippen molar-refractivity contribution in [2.75, 3.05) is 7.11 Å². The van der Waals surface area contributed by atoms with Crippen LogP contribution in [0.15, 0.2) is 42.5 Å². The molecule has 1 aliphatic carbocycles. The van der Waals surface area contributed by atoms with E-state index in [1.165, 1.54) is 19.2 Å². The molecule has 0 saturated heterocycles. The Balaban J connectivity index is 2.01. The summed E-state index contributed by atoms with van der Waals surface area (Å²) in [6.07, 6.45) is -3.03. The topological polar surface area (TPSA) is 101 Å². The van der Waals surface area contributed by atoms with E-state index in [0.717, 1.165) is 0 Å². The van der Waals surface area contributed by atoms with Gasteiger partial charge in [0.05, 0.1) is 19.6 Å². The lowest BCUT2D eigenvalue weighted by atomic mass is 9.82. The fraction of sp³-hybridized carbons (Fsp3) is 0.211. The number of aliphatic hydroxyl groups excluding tert-OH is 2. The van der Waals surface area contributed by atoms with E-state index in [2.05, 4.69) is 4.74 Å². The third-order valence-electron chi connectivity index (χ3n) is 4.27. The number of carbonyl (C=O) groups excluding carboxylic acids is 3. The number of Topliss-reactive ketones (excluding diaryl/α,β-unsaturated/α-hetero) is 2. The Morgan fingerprint density at radius 2 is 1.56 bits per heavy atom. The van der Waals surface area contributed by atoms with Gasteiger partial charge in [-0.15, -0.1) is 0 Å². The first-order valence-electron chi connectivity index (χ1n) is 7.69. The molecule has 0 radical (unpaired) electrons. The van der Waals surface area contributed by atoms with Crippen LogP contribution in [0, 0.1) is 0 Å². The number of fused-ring (bicyclic) bond motifs is 3. The summed E-state index contributed by atoms with van der Waals surface area (Å²) in [5, 5.41) is 20.3. The Bertz CT molecular complexity index is 870. The number of aliphatic hydroxyl groups is 2. The lowest BCUT2D eigenvalue weighted by Crippen LogP contribution is -2.24. The molecule has 2 aromatic rings. The number of ketones is 2. The van der Waals surface area contributed by atoms with Crippen LogP contribution in [-0.2, 0) is 9.53 Å². The Hall–Kier alpha value is -2.83. The standard InChI is InChI=1S/C19H16O6/c1-25-16(21)9-15(20)17(22)10-6-7-13-14(8-10)11-4-2-3-5-12(11)18(23)19(13)24/h2-8,15,17,20,22H,9H2,1H3. The summed E-state index contributed by atoms with van der Waals surface area (Å²) in [5.41, 5.74) is 2.01. The molecule has 0 spiro atoms. The molecule has 0 saturated carbocycles. The quantitative estimate of drug-likeness (QED) is 0.649. The summed E-state index contributed by atoms with van der Waals surface area (Å²) < 4.78 is 4.48. The van der Waals surface area contributed by atoms with Crippen molar-refractivity contribution < 1.29 is 29.3 Å². The van der Waals surface area contributed by atoms with E-state index in [9.17, 15) is 24.6 Å². The normalized spacial score (nSPS) is 15.2. The van der Waals surface area contributed by atoms with Gasteiger partial charge in [0.2, 0.25) is 11.6 Å². The highest BCUT2D eigenvalue weighted by Crippen LogP contribution is 2.35. The first-order valence-corrected chi connectivity index (χ1v) is 7.69. The minimum atomic E-state index is -1.35. The second-order valence-electron chi connectivity index (χ2n) is 5.80. The summed E-state index contributed by atoms with van der Waals surface area (Å²) in [6, 6.07) is 11.2. The van der Waals surface area contributed by atoms with Crippen LogP contribution in [0.3, 0.4) is 0 Å². The van der Waals surface area contributed by atoms with Gasteiger partial charge < -0.3 is 14.9 Å². The first kappa shape index (κ1) is 17.0. The average Bonchev–Trinajstić information content (AvgIpc) is 2.64. The van der Waals surface area contributed by atoms with Crippen molar-refractivity contribution in [1.29, 1.82) is 0 Å². The Morgan fingerprint density at radius 3 is 2.20 bits per heavy atom. The van der Waals surface area contributed by atoms with Gasteiger partial charge in [-0.2, -0.15) is 0 Å². The van der Waals surface area contributed by atoms with Crippen LogP contribution in [0.5, 0.6) is 0 Å². The zero-order valence-corrected chi connectivity index (χ0v) is 13.4. The molecule has 0 heterocycles. The van der Waals surface area contributed by atoms with Crippen LogP contribution in [0.1, 0.15) is 38.8 Å². The zero-order valence-electron chi connectivity index (χ0n) is 13.4. The van der Waals surface area contributed by atoms with E-state index in [4.69, 9.17) is 0 Å². The zero-order chi connectivity index (χ0) is 18.1. The number of ether oxygens (including phenoxy) is 1. The fourth-order valence-corrected chi connectivity index (χ4v) is 2.92. The van der Waals surface area contributed by atoms with Crippen molar-refractivity contribution in [1.82, 2.24) is 0 Å². The molecule has 0 aromatic heterocycles. The molecule has 0 amide bonds. The van der Waals surface area contributed by atoms with E-state index in [1.54, 1.807) is 30.3 Å². The summed E-state index contributed by atoms with van der Waals surface area (Å²) in [5.74, 6) is -1.82. The lowest BCUT2D eigenvalue weighted by molar-refractivity contribution is -0.144. The molecule has 1 aliphatic rings. The summed E-state index contributed by atoms with van der Waals surface area (Å²) in [4.78, 5) is 35.7. The molecule has 2 aromatic carbocycles. The molecule has 0 bridgehead atoms. The fourth-order valence-electron chi connectivity index (χ4n) is 2.92. The molecule has 2 unspecified atom stereocenters. The monoisotopic (exact) mass is 340 g/mol. The lowest BCUT2D eigenvalue weighted by Gasteiger charge is -2.22. The Morgan fingerprint density at radius 1 is 0.960 bits per heavy atom. The first-order chi connectivity index (χ1) is 11.9. The minimum Gasteiger partial charge on any atom is -0.469 e. The summed E-state index contributed by atoms with van der Waals surface area (Å²) in [6.45, 7) is 0. The summed E-state index contributed by atoms with van der Waals surface area (Å²) >= 11 is 0. The van der Waals surface area contributed by atoms with Crippen LogP contribution < -0.4 is 0 Å². The van der Waals surface area contributed by atoms with E-state index >= 15 is 0 Å². The van der Waals surface area contributed by atoms with E-state index in [-0.39, 0.29) is 12.0 Å². The van der Waals surface area contributed by atoms with Gasteiger partial charge >= 0.3 is 5.97 Å². The largest absolute Gasteiger partial charge is 0.469 e. The molecule has 0 fully saturated rings. The molecule has 25 heavy (non-hydrogen) atoms. The van der Waals surface area contributed by atoms with Gasteiger partial charge in [0.15, 0.2) is 0 Å². The molecule has 6 nitrogen and oxygen atoms in total.